The standard InChI is InChI=1S/C27H37N3O7S/c1-18(2)15-29(38(34,35)21-10-8-20(28)9-11-21)16-25(31)23(14-19-6-4-3-5-7-19)30(27(32)33)24-17-37-26-22(24)12-13-36-26/h3-11,18,22-26,31H,12-17,28H2,1-2H3,(H,32,33)/t22-,23-,24-,25-,26+/m0/s1. The first-order valence-corrected chi connectivity index (χ1v) is 14.3. The molecule has 208 valence electrons. The van der Waals surface area contributed by atoms with E-state index in [-0.39, 0.29) is 42.8 Å². The number of anilines is 1. The third kappa shape index (κ3) is 6.29. The number of amides is 1. The van der Waals surface area contributed by atoms with Crippen LogP contribution < -0.4 is 5.73 Å². The molecule has 38 heavy (non-hydrogen) atoms. The Balaban J connectivity index is 1.67. The van der Waals surface area contributed by atoms with Crippen LogP contribution in [0.25, 0.3) is 0 Å². The van der Waals surface area contributed by atoms with Crippen molar-refractivity contribution in [1.82, 2.24) is 9.21 Å². The SMILES string of the molecule is CC(C)CN(C[C@H](O)[C@H](Cc1ccccc1)N(C(=O)O)[C@H]1CO[C@H]2OCC[C@H]21)S(=O)(=O)c1ccc(N)cc1. The van der Waals surface area contributed by atoms with Crippen LogP contribution in [-0.4, -0.2) is 84.7 Å². The van der Waals surface area contributed by atoms with E-state index in [0.717, 1.165) is 5.56 Å². The van der Waals surface area contributed by atoms with E-state index in [0.29, 0.717) is 18.7 Å². The second-order valence-corrected chi connectivity index (χ2v) is 12.3. The fourth-order valence-electron chi connectivity index (χ4n) is 5.33. The van der Waals surface area contributed by atoms with Crippen LogP contribution in [0.4, 0.5) is 10.5 Å². The Bertz CT molecular complexity index is 1180. The third-order valence-corrected chi connectivity index (χ3v) is 9.00. The van der Waals surface area contributed by atoms with E-state index in [1.165, 1.54) is 33.5 Å². The van der Waals surface area contributed by atoms with E-state index >= 15 is 0 Å². The number of nitrogens with two attached hydrogens (primary N) is 1. The highest BCUT2D eigenvalue weighted by Gasteiger charge is 2.49. The van der Waals surface area contributed by atoms with Crippen molar-refractivity contribution in [2.75, 3.05) is 32.0 Å². The Hall–Kier alpha value is -2.70. The zero-order valence-corrected chi connectivity index (χ0v) is 22.5. The van der Waals surface area contributed by atoms with Gasteiger partial charge in [-0.15, -0.1) is 0 Å². The van der Waals surface area contributed by atoms with E-state index in [1.807, 2.05) is 44.2 Å². The van der Waals surface area contributed by atoms with Gasteiger partial charge in [-0.25, -0.2) is 13.2 Å². The van der Waals surface area contributed by atoms with E-state index in [9.17, 15) is 23.4 Å². The summed E-state index contributed by atoms with van der Waals surface area (Å²) in [5, 5.41) is 22.0. The minimum Gasteiger partial charge on any atom is -0.465 e. The summed E-state index contributed by atoms with van der Waals surface area (Å²) < 4.78 is 39.8. The molecule has 0 unspecified atom stereocenters. The molecule has 0 radical (unpaired) electrons. The first kappa shape index (κ1) is 28.3. The number of benzene rings is 2. The maximum absolute atomic E-state index is 13.6. The third-order valence-electron chi connectivity index (χ3n) is 7.15. The van der Waals surface area contributed by atoms with Gasteiger partial charge in [-0.05, 0) is 48.6 Å². The van der Waals surface area contributed by atoms with Crippen molar-refractivity contribution in [3.05, 3.63) is 60.2 Å². The Kier molecular flexibility index (Phi) is 8.94. The number of sulfonamides is 1. The molecule has 5 atom stereocenters. The van der Waals surface area contributed by atoms with Gasteiger partial charge in [0.25, 0.3) is 0 Å². The Morgan fingerprint density at radius 1 is 1.08 bits per heavy atom. The molecule has 2 aromatic carbocycles. The number of hydrogen-bond donors (Lipinski definition) is 3. The van der Waals surface area contributed by atoms with Crippen LogP contribution in [0.5, 0.6) is 0 Å². The lowest BCUT2D eigenvalue weighted by Gasteiger charge is -2.39. The van der Waals surface area contributed by atoms with Crippen LogP contribution in [0.2, 0.25) is 0 Å². The molecule has 2 aliphatic heterocycles. The summed E-state index contributed by atoms with van der Waals surface area (Å²) in [5.41, 5.74) is 7.02. The van der Waals surface area contributed by atoms with Crippen molar-refractivity contribution >= 4 is 21.8 Å². The van der Waals surface area contributed by atoms with Gasteiger partial charge in [0.1, 0.15) is 0 Å². The summed E-state index contributed by atoms with van der Waals surface area (Å²) in [6.07, 6.45) is -2.11. The maximum Gasteiger partial charge on any atom is 0.407 e. The molecule has 0 aliphatic carbocycles. The zero-order valence-electron chi connectivity index (χ0n) is 21.7. The van der Waals surface area contributed by atoms with Gasteiger partial charge in [0.15, 0.2) is 6.29 Å². The molecular formula is C27H37N3O7S. The maximum atomic E-state index is 13.6. The van der Waals surface area contributed by atoms with Crippen LogP contribution in [0.15, 0.2) is 59.5 Å². The van der Waals surface area contributed by atoms with Gasteiger partial charge in [-0.3, -0.25) is 4.90 Å². The van der Waals surface area contributed by atoms with Gasteiger partial charge >= 0.3 is 6.09 Å². The highest BCUT2D eigenvalue weighted by molar-refractivity contribution is 7.89. The fraction of sp³-hybridized carbons (Fsp3) is 0.519. The molecule has 0 bridgehead atoms. The highest BCUT2D eigenvalue weighted by atomic mass is 32.2. The number of fused-ring (bicyclic) bond motifs is 1. The van der Waals surface area contributed by atoms with Gasteiger partial charge in [0.05, 0.1) is 36.3 Å². The molecule has 2 aliphatic rings. The number of aliphatic hydroxyl groups excluding tert-OH is 1. The molecule has 4 N–H and O–H groups in total. The number of nitrogens with zero attached hydrogens (tertiary/aromatic N) is 2. The highest BCUT2D eigenvalue weighted by Crippen LogP contribution is 2.36. The number of carboxylic acid groups (broad SMARTS) is 1. The van der Waals surface area contributed by atoms with E-state index in [2.05, 4.69) is 0 Å². The van der Waals surface area contributed by atoms with Gasteiger partial charge in [-0.2, -0.15) is 4.31 Å². The van der Waals surface area contributed by atoms with Gasteiger partial charge in [0.2, 0.25) is 10.0 Å². The number of ether oxygens (including phenoxy) is 2. The first-order valence-electron chi connectivity index (χ1n) is 12.9. The summed E-state index contributed by atoms with van der Waals surface area (Å²) in [5.74, 6) is -0.185. The second kappa shape index (κ2) is 12.0. The topological polar surface area (TPSA) is 143 Å². The summed E-state index contributed by atoms with van der Waals surface area (Å²) in [6, 6.07) is 13.8. The number of carbonyl (C=O) groups is 1. The van der Waals surface area contributed by atoms with Crippen molar-refractivity contribution < 1.29 is 32.9 Å². The summed E-state index contributed by atoms with van der Waals surface area (Å²) >= 11 is 0. The molecule has 4 rings (SSSR count). The van der Waals surface area contributed by atoms with Gasteiger partial charge in [-0.1, -0.05) is 44.2 Å². The lowest BCUT2D eigenvalue weighted by molar-refractivity contribution is -0.0906. The van der Waals surface area contributed by atoms with Gasteiger partial charge < -0.3 is 25.4 Å². The normalized spacial score (nSPS) is 22.9. The Labute approximate surface area is 224 Å². The van der Waals surface area contributed by atoms with Crippen LogP contribution in [-0.2, 0) is 25.9 Å². The van der Waals surface area contributed by atoms with Crippen molar-refractivity contribution in [3.8, 4) is 0 Å². The monoisotopic (exact) mass is 547 g/mol. The number of hydrogen-bond acceptors (Lipinski definition) is 7. The molecule has 2 heterocycles. The largest absolute Gasteiger partial charge is 0.465 e. The predicted octanol–water partition coefficient (Wildman–Crippen LogP) is 2.63. The van der Waals surface area contributed by atoms with Crippen molar-refractivity contribution in [2.45, 2.75) is 56.1 Å². The molecule has 2 aromatic rings. The summed E-state index contributed by atoms with van der Waals surface area (Å²) in [4.78, 5) is 14.0. The van der Waals surface area contributed by atoms with E-state index in [1.54, 1.807) is 0 Å². The van der Waals surface area contributed by atoms with Crippen LogP contribution in [0.1, 0.15) is 25.8 Å². The second-order valence-electron chi connectivity index (χ2n) is 10.4. The van der Waals surface area contributed by atoms with Crippen LogP contribution >= 0.6 is 0 Å². The number of rotatable bonds is 11. The van der Waals surface area contributed by atoms with Crippen LogP contribution in [0.3, 0.4) is 0 Å². The first-order chi connectivity index (χ1) is 18.1. The number of aliphatic hydroxyl groups is 1. The molecule has 11 heteroatoms. The summed E-state index contributed by atoms with van der Waals surface area (Å²) in [7, 11) is -3.99. The molecular weight excluding hydrogens is 510 g/mol. The van der Waals surface area contributed by atoms with Crippen LogP contribution in [0, 0.1) is 11.8 Å². The smallest absolute Gasteiger partial charge is 0.407 e. The minimum atomic E-state index is -3.99. The number of nitrogen functional groups attached to an aromatic ring is 1. The average molecular weight is 548 g/mol. The molecule has 0 aromatic heterocycles. The predicted molar refractivity (Wildman–Crippen MR) is 142 cm³/mol. The fourth-order valence-corrected chi connectivity index (χ4v) is 6.95. The zero-order chi connectivity index (χ0) is 27.4. The molecule has 0 spiro atoms. The lowest BCUT2D eigenvalue weighted by atomic mass is 9.93. The van der Waals surface area contributed by atoms with Crippen molar-refractivity contribution in [1.29, 1.82) is 0 Å². The molecule has 1 amide bonds. The van der Waals surface area contributed by atoms with Crippen molar-refractivity contribution in [2.24, 2.45) is 11.8 Å². The lowest BCUT2D eigenvalue weighted by Crippen LogP contribution is -2.57. The molecule has 2 fully saturated rings. The summed E-state index contributed by atoms with van der Waals surface area (Å²) in [6.45, 7) is 4.29. The Morgan fingerprint density at radius 2 is 1.76 bits per heavy atom. The van der Waals surface area contributed by atoms with Crippen molar-refractivity contribution in [3.63, 3.8) is 0 Å². The molecule has 2 saturated heterocycles. The van der Waals surface area contributed by atoms with Gasteiger partial charge in [0, 0.05) is 24.7 Å². The average Bonchev–Trinajstić information content (AvgIpc) is 3.49. The molecule has 0 saturated carbocycles. The molecule has 10 nitrogen and oxygen atoms in total. The quantitative estimate of drug-likeness (QED) is 0.365. The van der Waals surface area contributed by atoms with E-state index < -0.39 is 40.6 Å². The Morgan fingerprint density at radius 3 is 2.39 bits per heavy atom. The minimum absolute atomic E-state index is 0.0338. The van der Waals surface area contributed by atoms with E-state index in [4.69, 9.17) is 15.2 Å².